The first-order chi connectivity index (χ1) is 13.4. The molecule has 0 saturated carbocycles. The first-order valence-corrected chi connectivity index (χ1v) is 10.1. The molecule has 2 rings (SSSR count). The van der Waals surface area contributed by atoms with Crippen molar-refractivity contribution < 1.29 is 9.53 Å². The van der Waals surface area contributed by atoms with E-state index in [1.807, 2.05) is 45.0 Å². The predicted octanol–water partition coefficient (Wildman–Crippen LogP) is 1.82. The first-order valence-electron chi connectivity index (χ1n) is 9.77. The molecule has 0 aromatic heterocycles. The van der Waals surface area contributed by atoms with Crippen LogP contribution >= 0.6 is 11.6 Å². The van der Waals surface area contributed by atoms with Gasteiger partial charge >= 0.3 is 0 Å². The van der Waals surface area contributed by atoms with Crippen LogP contribution in [-0.4, -0.2) is 80.1 Å². The number of nitrogens with zero attached hydrogens (tertiary/aromatic N) is 3. The molecule has 1 aromatic rings. The van der Waals surface area contributed by atoms with Crippen LogP contribution in [0.4, 0.5) is 0 Å². The summed E-state index contributed by atoms with van der Waals surface area (Å²) in [6, 6.07) is 7.53. The maximum absolute atomic E-state index is 11.9. The van der Waals surface area contributed by atoms with Gasteiger partial charge in [-0.25, -0.2) is 0 Å². The van der Waals surface area contributed by atoms with E-state index in [2.05, 4.69) is 25.4 Å². The third kappa shape index (κ3) is 7.56. The number of guanidine groups is 1. The van der Waals surface area contributed by atoms with Crippen molar-refractivity contribution in [1.29, 1.82) is 0 Å². The number of nitrogens with one attached hydrogen (secondary N) is 2. The Bertz CT molecular complexity index is 643. The molecule has 1 aliphatic rings. The Morgan fingerprint density at radius 2 is 1.82 bits per heavy atom. The van der Waals surface area contributed by atoms with Gasteiger partial charge in [-0.1, -0.05) is 11.6 Å². The lowest BCUT2D eigenvalue weighted by atomic mass is 10.3. The van der Waals surface area contributed by atoms with Gasteiger partial charge in [0.05, 0.1) is 13.1 Å². The summed E-state index contributed by atoms with van der Waals surface area (Å²) in [5, 5.41) is 7.01. The van der Waals surface area contributed by atoms with Crippen molar-refractivity contribution in [2.45, 2.75) is 32.9 Å². The third-order valence-corrected chi connectivity index (χ3v) is 4.65. The van der Waals surface area contributed by atoms with Crippen molar-refractivity contribution in [2.24, 2.45) is 4.99 Å². The number of halogens is 1. The summed E-state index contributed by atoms with van der Waals surface area (Å²) in [6.45, 7) is 10.4. The Labute approximate surface area is 173 Å². The first kappa shape index (κ1) is 22.3. The second kappa shape index (κ2) is 11.1. The Morgan fingerprint density at radius 3 is 2.39 bits per heavy atom. The molecule has 28 heavy (non-hydrogen) atoms. The monoisotopic (exact) mass is 409 g/mol. The SMILES string of the molecule is CN=C(NCC(C)Oc1ccc(Cl)cc1)N1CCN(CC(=O)NC(C)C)CC1. The largest absolute Gasteiger partial charge is 0.489 e. The molecule has 0 radical (unpaired) electrons. The van der Waals surface area contributed by atoms with E-state index in [9.17, 15) is 4.79 Å². The smallest absolute Gasteiger partial charge is 0.234 e. The van der Waals surface area contributed by atoms with Crippen molar-refractivity contribution >= 4 is 23.5 Å². The average molecular weight is 410 g/mol. The molecule has 0 bridgehead atoms. The number of carbonyl (C=O) groups excluding carboxylic acids is 1. The van der Waals surface area contributed by atoms with Gasteiger partial charge in [0.2, 0.25) is 5.91 Å². The molecule has 2 N–H and O–H groups in total. The van der Waals surface area contributed by atoms with Gasteiger partial charge in [0.15, 0.2) is 5.96 Å². The number of aliphatic imine (C=N–C) groups is 1. The highest BCUT2D eigenvalue weighted by Gasteiger charge is 2.21. The van der Waals surface area contributed by atoms with E-state index in [0.717, 1.165) is 37.9 Å². The van der Waals surface area contributed by atoms with E-state index in [-0.39, 0.29) is 18.1 Å². The van der Waals surface area contributed by atoms with Gasteiger partial charge in [-0.3, -0.25) is 14.7 Å². The maximum atomic E-state index is 11.9. The molecule has 156 valence electrons. The van der Waals surface area contributed by atoms with Crippen molar-refractivity contribution in [2.75, 3.05) is 46.3 Å². The number of hydrogen-bond acceptors (Lipinski definition) is 4. The molecule has 0 spiro atoms. The number of ether oxygens (including phenoxy) is 1. The van der Waals surface area contributed by atoms with Gasteiger partial charge in [-0.05, 0) is 45.0 Å². The number of carbonyl (C=O) groups is 1. The molecule has 1 saturated heterocycles. The van der Waals surface area contributed by atoms with Crippen LogP contribution in [0.3, 0.4) is 0 Å². The zero-order chi connectivity index (χ0) is 20.5. The molecule has 0 aliphatic carbocycles. The van der Waals surface area contributed by atoms with Gasteiger partial charge in [-0.15, -0.1) is 0 Å². The molecule has 1 fully saturated rings. The fraction of sp³-hybridized carbons (Fsp3) is 0.600. The van der Waals surface area contributed by atoms with E-state index >= 15 is 0 Å². The van der Waals surface area contributed by atoms with Gasteiger partial charge in [0.1, 0.15) is 11.9 Å². The summed E-state index contributed by atoms with van der Waals surface area (Å²) in [5.41, 5.74) is 0. The van der Waals surface area contributed by atoms with Crippen molar-refractivity contribution in [1.82, 2.24) is 20.4 Å². The van der Waals surface area contributed by atoms with Crippen molar-refractivity contribution in [3.8, 4) is 5.75 Å². The molecule has 1 atom stereocenters. The second-order valence-electron chi connectivity index (χ2n) is 7.30. The highest BCUT2D eigenvalue weighted by molar-refractivity contribution is 6.30. The number of rotatable bonds is 7. The quantitative estimate of drug-likeness (QED) is 0.531. The zero-order valence-electron chi connectivity index (χ0n) is 17.2. The van der Waals surface area contributed by atoms with Crippen LogP contribution in [0.5, 0.6) is 5.75 Å². The van der Waals surface area contributed by atoms with Crippen LogP contribution in [0.15, 0.2) is 29.3 Å². The van der Waals surface area contributed by atoms with Gasteiger partial charge in [0.25, 0.3) is 0 Å². The van der Waals surface area contributed by atoms with Gasteiger partial charge in [-0.2, -0.15) is 0 Å². The van der Waals surface area contributed by atoms with E-state index in [4.69, 9.17) is 16.3 Å². The lowest BCUT2D eigenvalue weighted by Gasteiger charge is -2.36. The molecule has 1 aliphatic heterocycles. The number of hydrogen-bond donors (Lipinski definition) is 2. The lowest BCUT2D eigenvalue weighted by molar-refractivity contribution is -0.123. The fourth-order valence-electron chi connectivity index (χ4n) is 3.04. The molecule has 1 aromatic carbocycles. The molecule has 8 heteroatoms. The Balaban J connectivity index is 1.73. The summed E-state index contributed by atoms with van der Waals surface area (Å²) in [4.78, 5) is 20.7. The highest BCUT2D eigenvalue weighted by atomic mass is 35.5. The van der Waals surface area contributed by atoms with Gasteiger partial charge < -0.3 is 20.3 Å². The van der Waals surface area contributed by atoms with Crippen molar-refractivity contribution in [3.05, 3.63) is 29.3 Å². The van der Waals surface area contributed by atoms with Gasteiger partial charge in [0, 0.05) is 44.3 Å². The fourth-order valence-corrected chi connectivity index (χ4v) is 3.17. The van der Waals surface area contributed by atoms with E-state index < -0.39 is 0 Å². The zero-order valence-corrected chi connectivity index (χ0v) is 18.0. The molecule has 7 nitrogen and oxygen atoms in total. The third-order valence-electron chi connectivity index (χ3n) is 4.40. The molecular formula is C20H32ClN5O2. The molecule has 1 heterocycles. The normalized spacial score (nSPS) is 16.8. The Kier molecular flexibility index (Phi) is 8.86. The van der Waals surface area contributed by atoms with Crippen LogP contribution in [0.1, 0.15) is 20.8 Å². The van der Waals surface area contributed by atoms with E-state index in [0.29, 0.717) is 18.1 Å². The Hall–Kier alpha value is -1.99. The summed E-state index contributed by atoms with van der Waals surface area (Å²) in [7, 11) is 1.79. The number of amides is 1. The number of piperazine rings is 1. The van der Waals surface area contributed by atoms with E-state index in [1.165, 1.54) is 0 Å². The van der Waals surface area contributed by atoms with E-state index in [1.54, 1.807) is 7.05 Å². The van der Waals surface area contributed by atoms with Crippen molar-refractivity contribution in [3.63, 3.8) is 0 Å². The minimum Gasteiger partial charge on any atom is -0.489 e. The average Bonchev–Trinajstić information content (AvgIpc) is 2.64. The topological polar surface area (TPSA) is 69.2 Å². The summed E-state index contributed by atoms with van der Waals surface area (Å²) >= 11 is 5.90. The second-order valence-corrected chi connectivity index (χ2v) is 7.73. The summed E-state index contributed by atoms with van der Waals surface area (Å²) in [5.74, 6) is 1.74. The predicted molar refractivity (Wildman–Crippen MR) is 114 cm³/mol. The summed E-state index contributed by atoms with van der Waals surface area (Å²) in [6.07, 6.45) is -0.0149. The standard InChI is InChI=1S/C20H32ClN5O2/c1-15(2)24-19(27)14-25-9-11-26(12-10-25)20(22-4)23-13-16(3)28-18-7-5-17(21)6-8-18/h5-8,15-16H,9-14H2,1-4H3,(H,22,23)(H,24,27). The maximum Gasteiger partial charge on any atom is 0.234 e. The van der Waals surface area contributed by atoms with Crippen LogP contribution in [0.25, 0.3) is 0 Å². The number of benzene rings is 1. The molecule has 1 amide bonds. The minimum absolute atomic E-state index is 0.0149. The highest BCUT2D eigenvalue weighted by Crippen LogP contribution is 2.16. The van der Waals surface area contributed by atoms with Crippen LogP contribution < -0.4 is 15.4 Å². The summed E-state index contributed by atoms with van der Waals surface area (Å²) < 4.78 is 5.90. The minimum atomic E-state index is -0.0149. The Morgan fingerprint density at radius 1 is 1.18 bits per heavy atom. The lowest BCUT2D eigenvalue weighted by Crippen LogP contribution is -2.55. The molecular weight excluding hydrogens is 378 g/mol. The van der Waals surface area contributed by atoms with Crippen LogP contribution in [0.2, 0.25) is 5.02 Å². The van der Waals surface area contributed by atoms with Crippen LogP contribution in [-0.2, 0) is 4.79 Å². The van der Waals surface area contributed by atoms with Crippen LogP contribution in [0, 0.1) is 0 Å². The molecule has 1 unspecified atom stereocenters.